The third-order valence-electron chi connectivity index (χ3n) is 3.95. The van der Waals surface area contributed by atoms with Crippen LogP contribution in [-0.2, 0) is 0 Å². The van der Waals surface area contributed by atoms with Gasteiger partial charge in [0.1, 0.15) is 0 Å². The molecule has 106 valence electrons. The van der Waals surface area contributed by atoms with Gasteiger partial charge in [0.15, 0.2) is 11.6 Å². The van der Waals surface area contributed by atoms with Crippen molar-refractivity contribution in [2.45, 2.75) is 51.0 Å². The Kier molecular flexibility index (Phi) is 5.17. The van der Waals surface area contributed by atoms with Crippen molar-refractivity contribution in [2.24, 2.45) is 5.92 Å². The molecular formula is C15H19ClF2O. The number of aliphatic hydroxyl groups excluding tert-OH is 1. The number of rotatable bonds is 2. The quantitative estimate of drug-likeness (QED) is 0.758. The summed E-state index contributed by atoms with van der Waals surface area (Å²) in [6.07, 6.45) is 6.76. The molecule has 1 fully saturated rings. The molecule has 1 aromatic rings. The summed E-state index contributed by atoms with van der Waals surface area (Å²) in [5.41, 5.74) is 0.311. The van der Waals surface area contributed by atoms with E-state index < -0.39 is 17.7 Å². The molecule has 0 bridgehead atoms. The first-order valence-corrected chi connectivity index (χ1v) is 7.30. The fourth-order valence-electron chi connectivity index (χ4n) is 2.82. The molecular weight excluding hydrogens is 270 g/mol. The van der Waals surface area contributed by atoms with Crippen LogP contribution in [0.3, 0.4) is 0 Å². The van der Waals surface area contributed by atoms with Gasteiger partial charge in [0.05, 0.1) is 6.10 Å². The van der Waals surface area contributed by atoms with Crippen LogP contribution in [0.15, 0.2) is 12.1 Å². The Hall–Kier alpha value is -0.670. The van der Waals surface area contributed by atoms with Gasteiger partial charge in [0.25, 0.3) is 0 Å². The van der Waals surface area contributed by atoms with Crippen molar-refractivity contribution in [1.29, 1.82) is 0 Å². The van der Waals surface area contributed by atoms with Gasteiger partial charge in [0, 0.05) is 10.6 Å². The zero-order valence-corrected chi connectivity index (χ0v) is 11.6. The lowest BCUT2D eigenvalue weighted by Crippen LogP contribution is -2.15. The molecule has 4 heteroatoms. The predicted octanol–water partition coefficient (Wildman–Crippen LogP) is 5.01. The highest BCUT2D eigenvalue weighted by Crippen LogP contribution is 2.36. The van der Waals surface area contributed by atoms with Crippen molar-refractivity contribution in [3.8, 4) is 0 Å². The van der Waals surface area contributed by atoms with Crippen molar-refractivity contribution < 1.29 is 13.9 Å². The van der Waals surface area contributed by atoms with E-state index in [9.17, 15) is 13.9 Å². The largest absolute Gasteiger partial charge is 0.388 e. The molecule has 1 unspecified atom stereocenters. The summed E-state index contributed by atoms with van der Waals surface area (Å²) >= 11 is 5.92. The summed E-state index contributed by atoms with van der Waals surface area (Å²) in [6, 6.07) is 1.97. The first kappa shape index (κ1) is 14.7. The van der Waals surface area contributed by atoms with Crippen LogP contribution in [0.4, 0.5) is 8.78 Å². The van der Waals surface area contributed by atoms with Crippen molar-refractivity contribution >= 4 is 11.6 Å². The lowest BCUT2D eigenvalue weighted by Gasteiger charge is -2.25. The Morgan fingerprint density at radius 1 is 1.00 bits per heavy atom. The van der Waals surface area contributed by atoms with Crippen LogP contribution in [-0.4, -0.2) is 5.11 Å². The highest BCUT2D eigenvalue weighted by Gasteiger charge is 2.24. The smallest absolute Gasteiger partial charge is 0.160 e. The molecule has 0 radical (unpaired) electrons. The Bertz CT molecular complexity index is 428. The summed E-state index contributed by atoms with van der Waals surface area (Å²) in [7, 11) is 0. The molecule has 2 rings (SSSR count). The van der Waals surface area contributed by atoms with Gasteiger partial charge in [-0.3, -0.25) is 0 Å². The standard InChI is InChI=1S/C15H19ClF2O/c16-12-9-14(18)13(17)8-11(12)15(19)10-6-4-2-1-3-5-7-10/h8-10,15,19H,1-7H2. The molecule has 0 heterocycles. The third kappa shape index (κ3) is 3.67. The Balaban J connectivity index is 2.17. The van der Waals surface area contributed by atoms with E-state index in [4.69, 9.17) is 11.6 Å². The topological polar surface area (TPSA) is 20.2 Å². The Labute approximate surface area is 117 Å². The van der Waals surface area contributed by atoms with Gasteiger partial charge in [-0.05, 0) is 30.9 Å². The van der Waals surface area contributed by atoms with Crippen LogP contribution in [0.25, 0.3) is 0 Å². The summed E-state index contributed by atoms with van der Waals surface area (Å²) < 4.78 is 26.3. The molecule has 0 amide bonds. The van der Waals surface area contributed by atoms with Crippen LogP contribution in [0.2, 0.25) is 5.02 Å². The van der Waals surface area contributed by atoms with Gasteiger partial charge in [-0.1, -0.05) is 43.7 Å². The summed E-state index contributed by atoms with van der Waals surface area (Å²) in [5.74, 6) is -1.84. The predicted molar refractivity (Wildman–Crippen MR) is 72.1 cm³/mol. The minimum atomic E-state index is -0.974. The van der Waals surface area contributed by atoms with E-state index in [1.165, 1.54) is 19.3 Å². The molecule has 0 spiro atoms. The highest BCUT2D eigenvalue weighted by molar-refractivity contribution is 6.31. The average molecular weight is 289 g/mol. The molecule has 1 atom stereocenters. The highest BCUT2D eigenvalue weighted by atomic mass is 35.5. The molecule has 1 saturated carbocycles. The number of benzene rings is 1. The minimum absolute atomic E-state index is 0.0858. The summed E-state index contributed by atoms with van der Waals surface area (Å²) in [5, 5.41) is 10.5. The fraction of sp³-hybridized carbons (Fsp3) is 0.600. The molecule has 1 N–H and O–H groups in total. The van der Waals surface area contributed by atoms with Crippen LogP contribution in [0.1, 0.15) is 56.6 Å². The normalized spacial score (nSPS) is 19.8. The molecule has 1 aliphatic carbocycles. The van der Waals surface area contributed by atoms with Gasteiger partial charge in [-0.25, -0.2) is 8.78 Å². The second-order valence-corrected chi connectivity index (χ2v) is 5.75. The van der Waals surface area contributed by atoms with E-state index in [2.05, 4.69) is 0 Å². The first-order chi connectivity index (χ1) is 9.09. The van der Waals surface area contributed by atoms with E-state index in [0.717, 1.165) is 37.8 Å². The van der Waals surface area contributed by atoms with Crippen molar-refractivity contribution in [1.82, 2.24) is 0 Å². The maximum absolute atomic E-state index is 13.3. The van der Waals surface area contributed by atoms with Gasteiger partial charge < -0.3 is 5.11 Å². The van der Waals surface area contributed by atoms with Crippen LogP contribution < -0.4 is 0 Å². The summed E-state index contributed by atoms with van der Waals surface area (Å²) in [4.78, 5) is 0. The lowest BCUT2D eigenvalue weighted by molar-refractivity contribution is 0.0909. The van der Waals surface area contributed by atoms with Gasteiger partial charge in [0.2, 0.25) is 0 Å². The Morgan fingerprint density at radius 3 is 2.16 bits per heavy atom. The number of aliphatic hydroxyl groups is 1. The molecule has 1 aromatic carbocycles. The van der Waals surface area contributed by atoms with Crippen LogP contribution >= 0.6 is 11.6 Å². The van der Waals surface area contributed by atoms with Gasteiger partial charge in [-0.15, -0.1) is 0 Å². The second-order valence-electron chi connectivity index (χ2n) is 5.34. The molecule has 0 saturated heterocycles. The minimum Gasteiger partial charge on any atom is -0.388 e. The molecule has 1 nitrogen and oxygen atoms in total. The zero-order chi connectivity index (χ0) is 13.8. The van der Waals surface area contributed by atoms with Crippen LogP contribution in [0.5, 0.6) is 0 Å². The fourth-order valence-corrected chi connectivity index (χ4v) is 3.08. The van der Waals surface area contributed by atoms with Crippen molar-refractivity contribution in [3.63, 3.8) is 0 Å². The number of hydrogen-bond acceptors (Lipinski definition) is 1. The van der Waals surface area contributed by atoms with E-state index in [-0.39, 0.29) is 10.9 Å². The van der Waals surface area contributed by atoms with E-state index in [1.54, 1.807) is 0 Å². The van der Waals surface area contributed by atoms with E-state index in [0.29, 0.717) is 5.56 Å². The first-order valence-electron chi connectivity index (χ1n) is 6.92. The average Bonchev–Trinajstić information content (AvgIpc) is 2.32. The Morgan fingerprint density at radius 2 is 1.53 bits per heavy atom. The lowest BCUT2D eigenvalue weighted by atomic mass is 9.84. The zero-order valence-electron chi connectivity index (χ0n) is 10.8. The van der Waals surface area contributed by atoms with Crippen molar-refractivity contribution in [2.75, 3.05) is 0 Å². The SMILES string of the molecule is OC(c1cc(F)c(F)cc1Cl)C1CCCCCCC1. The molecule has 19 heavy (non-hydrogen) atoms. The van der Waals surface area contributed by atoms with Crippen molar-refractivity contribution in [3.05, 3.63) is 34.4 Å². The summed E-state index contributed by atoms with van der Waals surface area (Å²) in [6.45, 7) is 0. The molecule has 0 aliphatic heterocycles. The number of halogens is 3. The number of hydrogen-bond donors (Lipinski definition) is 1. The van der Waals surface area contributed by atoms with Gasteiger partial charge in [-0.2, -0.15) is 0 Å². The second kappa shape index (κ2) is 6.67. The maximum Gasteiger partial charge on any atom is 0.160 e. The molecule has 1 aliphatic rings. The molecule has 0 aromatic heterocycles. The third-order valence-corrected chi connectivity index (χ3v) is 4.28. The van der Waals surface area contributed by atoms with Gasteiger partial charge >= 0.3 is 0 Å². The maximum atomic E-state index is 13.3. The van der Waals surface area contributed by atoms with E-state index in [1.807, 2.05) is 0 Å². The monoisotopic (exact) mass is 288 g/mol. The van der Waals surface area contributed by atoms with Crippen LogP contribution in [0, 0.1) is 17.6 Å². The van der Waals surface area contributed by atoms with E-state index >= 15 is 0 Å².